The van der Waals surface area contributed by atoms with Crippen molar-refractivity contribution in [2.24, 2.45) is 0 Å². The average molecular weight is 248 g/mol. The van der Waals surface area contributed by atoms with E-state index in [0.717, 1.165) is 0 Å². The van der Waals surface area contributed by atoms with Gasteiger partial charge in [-0.15, -0.1) is 0 Å². The zero-order chi connectivity index (χ0) is 12.6. The van der Waals surface area contributed by atoms with Gasteiger partial charge in [0, 0.05) is 6.42 Å². The van der Waals surface area contributed by atoms with Gasteiger partial charge in [-0.25, -0.2) is 9.18 Å². The Labute approximate surface area is 93.5 Å². The van der Waals surface area contributed by atoms with E-state index in [1.807, 2.05) is 0 Å². The van der Waals surface area contributed by atoms with Gasteiger partial charge in [0.1, 0.15) is 6.17 Å². The summed E-state index contributed by atoms with van der Waals surface area (Å²) in [5.74, 6) is -1.20. The average Bonchev–Trinajstić information content (AvgIpc) is 2.65. The monoisotopic (exact) mass is 248 g/mol. The van der Waals surface area contributed by atoms with Gasteiger partial charge >= 0.3 is 5.69 Å². The summed E-state index contributed by atoms with van der Waals surface area (Å²) in [6.07, 6.45) is -3.11. The highest BCUT2D eigenvalue weighted by Crippen LogP contribution is 2.29. The van der Waals surface area contributed by atoms with Crippen LogP contribution in [0.1, 0.15) is 12.6 Å². The number of aliphatic hydroxyl groups is 1. The van der Waals surface area contributed by atoms with Crippen molar-refractivity contribution in [2.75, 3.05) is 6.61 Å². The quantitative estimate of drug-likeness (QED) is 0.724. The van der Waals surface area contributed by atoms with E-state index in [0.29, 0.717) is 10.8 Å². The standard InChI is InChI=1S/C9H10F2N2O4/c10-5-1-4(3-14)17-8(5)13-2-6(11)7(15)12-9(13)16/h2,4-5,8,14H,1,3H2,(H,12,15,16)/t4-,5-,8+/m0/s1. The highest BCUT2D eigenvalue weighted by Gasteiger charge is 2.37. The summed E-state index contributed by atoms with van der Waals surface area (Å²) >= 11 is 0. The van der Waals surface area contributed by atoms with E-state index in [1.54, 1.807) is 4.98 Å². The maximum absolute atomic E-state index is 13.5. The van der Waals surface area contributed by atoms with E-state index >= 15 is 0 Å². The van der Waals surface area contributed by atoms with Crippen molar-refractivity contribution >= 4 is 0 Å². The van der Waals surface area contributed by atoms with Gasteiger partial charge in [-0.2, -0.15) is 4.39 Å². The number of aromatic nitrogens is 2. The van der Waals surface area contributed by atoms with Crippen LogP contribution in [0.5, 0.6) is 0 Å². The molecule has 0 unspecified atom stereocenters. The first-order chi connectivity index (χ1) is 8.02. The molecule has 1 saturated heterocycles. The maximum atomic E-state index is 13.5. The molecule has 0 radical (unpaired) electrons. The number of alkyl halides is 1. The van der Waals surface area contributed by atoms with Gasteiger partial charge in [-0.05, 0) is 0 Å². The Morgan fingerprint density at radius 2 is 2.29 bits per heavy atom. The third kappa shape index (κ3) is 2.13. The van der Waals surface area contributed by atoms with Crippen LogP contribution in [0, 0.1) is 5.82 Å². The molecule has 1 aliphatic rings. The van der Waals surface area contributed by atoms with E-state index < -0.39 is 42.2 Å². The fourth-order valence-electron chi connectivity index (χ4n) is 1.71. The lowest BCUT2D eigenvalue weighted by Gasteiger charge is -2.15. The van der Waals surface area contributed by atoms with Crippen molar-refractivity contribution in [3.63, 3.8) is 0 Å². The third-order valence-electron chi connectivity index (χ3n) is 2.53. The van der Waals surface area contributed by atoms with Crippen molar-refractivity contribution < 1.29 is 18.6 Å². The molecule has 0 amide bonds. The molecule has 2 N–H and O–H groups in total. The number of aliphatic hydroxyl groups excluding tert-OH is 1. The summed E-state index contributed by atoms with van der Waals surface area (Å²) in [6.45, 7) is -0.391. The molecule has 0 aliphatic carbocycles. The van der Waals surface area contributed by atoms with Crippen LogP contribution in [-0.2, 0) is 4.74 Å². The summed E-state index contributed by atoms with van der Waals surface area (Å²) < 4.78 is 32.2. The summed E-state index contributed by atoms with van der Waals surface area (Å²) in [7, 11) is 0. The predicted octanol–water partition coefficient (Wildman–Crippen LogP) is -0.706. The molecule has 0 bridgehead atoms. The van der Waals surface area contributed by atoms with Crippen LogP contribution >= 0.6 is 0 Å². The van der Waals surface area contributed by atoms with E-state index in [-0.39, 0.29) is 6.42 Å². The van der Waals surface area contributed by atoms with Crippen molar-refractivity contribution in [3.8, 4) is 0 Å². The Kier molecular flexibility index (Phi) is 3.07. The second-order valence-corrected chi connectivity index (χ2v) is 3.73. The number of rotatable bonds is 2. The molecular weight excluding hydrogens is 238 g/mol. The summed E-state index contributed by atoms with van der Waals surface area (Å²) in [4.78, 5) is 23.8. The summed E-state index contributed by atoms with van der Waals surface area (Å²) in [6, 6.07) is 0. The van der Waals surface area contributed by atoms with Crippen LogP contribution in [0.3, 0.4) is 0 Å². The van der Waals surface area contributed by atoms with Gasteiger partial charge in [0.2, 0.25) is 5.82 Å². The van der Waals surface area contributed by atoms with Crippen LogP contribution in [-0.4, -0.2) is 33.5 Å². The van der Waals surface area contributed by atoms with Crippen LogP contribution in [0.2, 0.25) is 0 Å². The Morgan fingerprint density at radius 1 is 1.59 bits per heavy atom. The Morgan fingerprint density at radius 3 is 2.88 bits per heavy atom. The first kappa shape index (κ1) is 11.9. The Hall–Kier alpha value is -1.54. The molecule has 2 heterocycles. The molecule has 1 aliphatic heterocycles. The Balaban J connectivity index is 2.38. The van der Waals surface area contributed by atoms with Gasteiger partial charge < -0.3 is 9.84 Å². The first-order valence-electron chi connectivity index (χ1n) is 4.94. The van der Waals surface area contributed by atoms with Crippen LogP contribution < -0.4 is 11.2 Å². The molecule has 0 aromatic carbocycles. The predicted molar refractivity (Wildman–Crippen MR) is 51.8 cm³/mol. The van der Waals surface area contributed by atoms with E-state index in [2.05, 4.69) is 0 Å². The largest absolute Gasteiger partial charge is 0.394 e. The third-order valence-corrected chi connectivity index (χ3v) is 2.53. The van der Waals surface area contributed by atoms with E-state index in [9.17, 15) is 18.4 Å². The van der Waals surface area contributed by atoms with E-state index in [4.69, 9.17) is 9.84 Å². The number of H-pyrrole nitrogens is 1. The van der Waals surface area contributed by atoms with Crippen molar-refractivity contribution in [1.82, 2.24) is 9.55 Å². The minimum atomic E-state index is -1.55. The molecule has 2 rings (SSSR count). The smallest absolute Gasteiger partial charge is 0.330 e. The van der Waals surface area contributed by atoms with Crippen molar-refractivity contribution in [2.45, 2.75) is 24.9 Å². The number of aromatic amines is 1. The second-order valence-electron chi connectivity index (χ2n) is 3.73. The first-order valence-corrected chi connectivity index (χ1v) is 4.94. The summed E-state index contributed by atoms with van der Waals surface area (Å²) in [5.41, 5.74) is -2.12. The molecule has 0 saturated carbocycles. The fourth-order valence-corrected chi connectivity index (χ4v) is 1.71. The molecule has 1 aromatic rings. The van der Waals surface area contributed by atoms with Gasteiger partial charge in [-0.3, -0.25) is 14.3 Å². The molecule has 1 aromatic heterocycles. The molecule has 3 atom stereocenters. The molecule has 1 fully saturated rings. The Bertz CT molecular complexity index is 526. The highest BCUT2D eigenvalue weighted by atomic mass is 19.1. The van der Waals surface area contributed by atoms with E-state index in [1.165, 1.54) is 0 Å². The van der Waals surface area contributed by atoms with Gasteiger partial charge in [-0.1, -0.05) is 0 Å². The minimum Gasteiger partial charge on any atom is -0.394 e. The lowest BCUT2D eigenvalue weighted by atomic mass is 10.2. The fraction of sp³-hybridized carbons (Fsp3) is 0.556. The zero-order valence-electron chi connectivity index (χ0n) is 8.60. The zero-order valence-corrected chi connectivity index (χ0v) is 8.60. The second kappa shape index (κ2) is 4.38. The lowest BCUT2D eigenvalue weighted by Crippen LogP contribution is -2.36. The SMILES string of the molecule is O=c1[nH]c(=O)n([C@@H]2O[C@H](CO)C[C@@H]2F)cc1F. The van der Waals surface area contributed by atoms with Crippen LogP contribution in [0.4, 0.5) is 8.78 Å². The summed E-state index contributed by atoms with van der Waals surface area (Å²) in [5, 5.41) is 8.81. The van der Waals surface area contributed by atoms with Crippen molar-refractivity contribution in [3.05, 3.63) is 32.9 Å². The molecule has 6 nitrogen and oxygen atoms in total. The number of hydrogen-bond donors (Lipinski definition) is 2. The molecule has 17 heavy (non-hydrogen) atoms. The van der Waals surface area contributed by atoms with Crippen LogP contribution in [0.25, 0.3) is 0 Å². The number of ether oxygens (including phenoxy) is 1. The minimum absolute atomic E-state index is 0.0889. The molecular formula is C9H10F2N2O4. The normalized spacial score (nSPS) is 28.5. The van der Waals surface area contributed by atoms with Gasteiger partial charge in [0.25, 0.3) is 5.56 Å². The number of nitrogens with zero attached hydrogens (tertiary/aromatic N) is 1. The number of nitrogens with one attached hydrogen (secondary N) is 1. The molecule has 0 spiro atoms. The van der Waals surface area contributed by atoms with Crippen LogP contribution in [0.15, 0.2) is 15.8 Å². The number of hydrogen-bond acceptors (Lipinski definition) is 4. The lowest BCUT2D eigenvalue weighted by molar-refractivity contribution is -0.0399. The number of halogens is 2. The van der Waals surface area contributed by atoms with Gasteiger partial charge in [0.05, 0.1) is 18.9 Å². The topological polar surface area (TPSA) is 84.3 Å². The molecule has 8 heteroatoms. The van der Waals surface area contributed by atoms with Crippen molar-refractivity contribution in [1.29, 1.82) is 0 Å². The van der Waals surface area contributed by atoms with Gasteiger partial charge in [0.15, 0.2) is 6.23 Å². The molecule has 94 valence electrons. The highest BCUT2D eigenvalue weighted by molar-refractivity contribution is 4.91. The maximum Gasteiger partial charge on any atom is 0.330 e.